The highest BCUT2D eigenvalue weighted by molar-refractivity contribution is 9.10. The molecule has 0 spiro atoms. The van der Waals surface area contributed by atoms with Gasteiger partial charge in [-0.1, -0.05) is 46.3 Å². The highest BCUT2D eigenvalue weighted by atomic mass is 79.9. The summed E-state index contributed by atoms with van der Waals surface area (Å²) in [6, 6.07) is 15.3. The summed E-state index contributed by atoms with van der Waals surface area (Å²) >= 11 is 3.29. The molecule has 0 saturated carbocycles. The van der Waals surface area contributed by atoms with Gasteiger partial charge in [-0.25, -0.2) is 8.42 Å². The van der Waals surface area contributed by atoms with Crippen molar-refractivity contribution in [1.29, 1.82) is 0 Å². The predicted octanol–water partition coefficient (Wildman–Crippen LogP) is 3.94. The van der Waals surface area contributed by atoms with Crippen LogP contribution in [0.15, 0.2) is 64.0 Å². The van der Waals surface area contributed by atoms with Crippen LogP contribution >= 0.6 is 15.9 Å². The first kappa shape index (κ1) is 15.9. The van der Waals surface area contributed by atoms with Crippen LogP contribution in [-0.4, -0.2) is 14.2 Å². The Bertz CT molecular complexity index is 722. The second-order valence-electron chi connectivity index (χ2n) is 4.80. The average molecular weight is 367 g/mol. The Labute approximate surface area is 133 Å². The molecule has 0 aromatic heterocycles. The average Bonchev–Trinajstić information content (AvgIpc) is 2.46. The Hall–Kier alpha value is -1.46. The quantitative estimate of drug-likeness (QED) is 0.804. The lowest BCUT2D eigenvalue weighted by Gasteiger charge is -2.17. The topological polar surface area (TPSA) is 51.2 Å². The van der Waals surface area contributed by atoms with Crippen LogP contribution in [0.5, 0.6) is 0 Å². The molecule has 5 heteroatoms. The van der Waals surface area contributed by atoms with Crippen molar-refractivity contribution in [2.24, 2.45) is 0 Å². The fourth-order valence-corrected chi connectivity index (χ4v) is 4.20. The Kier molecular flexibility index (Phi) is 4.96. The summed E-state index contributed by atoms with van der Waals surface area (Å²) in [5, 5.41) is -0.850. The summed E-state index contributed by atoms with van der Waals surface area (Å²) < 4.78 is 26.4. The summed E-state index contributed by atoms with van der Waals surface area (Å²) in [5.74, 6) is -0.149. The lowest BCUT2D eigenvalue weighted by molar-refractivity contribution is -0.117. The molecule has 0 amide bonds. The molecule has 2 rings (SSSR count). The highest BCUT2D eigenvalue weighted by Crippen LogP contribution is 2.32. The highest BCUT2D eigenvalue weighted by Gasteiger charge is 2.30. The standard InChI is InChI=1S/C16H15BrO3S/c1-12(18)11-16(13-5-3-2-4-6-13)21(19,20)15-9-7-14(17)8-10-15/h2-10,16H,11H2,1H3/t16-/m0/s1. The molecule has 2 aromatic rings. The zero-order chi connectivity index (χ0) is 15.5. The van der Waals surface area contributed by atoms with Crippen LogP contribution in [0, 0.1) is 0 Å². The fraction of sp³-hybridized carbons (Fsp3) is 0.188. The first-order valence-electron chi connectivity index (χ1n) is 6.45. The molecule has 3 nitrogen and oxygen atoms in total. The van der Waals surface area contributed by atoms with Crippen LogP contribution in [0.25, 0.3) is 0 Å². The first-order valence-corrected chi connectivity index (χ1v) is 8.79. The summed E-state index contributed by atoms with van der Waals surface area (Å²) in [4.78, 5) is 11.7. The monoisotopic (exact) mass is 366 g/mol. The molecule has 0 heterocycles. The Morgan fingerprint density at radius 3 is 2.14 bits per heavy atom. The van der Waals surface area contributed by atoms with Crippen molar-refractivity contribution in [3.63, 3.8) is 0 Å². The number of halogens is 1. The second-order valence-corrected chi connectivity index (χ2v) is 7.85. The minimum absolute atomic E-state index is 0.0254. The van der Waals surface area contributed by atoms with Crippen molar-refractivity contribution in [2.75, 3.05) is 0 Å². The molecule has 0 radical (unpaired) electrons. The number of carbonyl (C=O) groups excluding carboxylic acids is 1. The van der Waals surface area contributed by atoms with Crippen LogP contribution < -0.4 is 0 Å². The minimum Gasteiger partial charge on any atom is -0.300 e. The van der Waals surface area contributed by atoms with Crippen molar-refractivity contribution in [3.05, 3.63) is 64.6 Å². The lowest BCUT2D eigenvalue weighted by Crippen LogP contribution is -2.16. The van der Waals surface area contributed by atoms with Gasteiger partial charge in [0, 0.05) is 10.9 Å². The van der Waals surface area contributed by atoms with E-state index in [1.54, 1.807) is 48.5 Å². The number of hydrogen-bond donors (Lipinski definition) is 0. The Balaban J connectivity index is 2.49. The van der Waals surface area contributed by atoms with Crippen LogP contribution in [0.2, 0.25) is 0 Å². The molecule has 110 valence electrons. The third-order valence-corrected chi connectivity index (χ3v) is 5.81. The summed E-state index contributed by atoms with van der Waals surface area (Å²) in [7, 11) is -3.61. The smallest absolute Gasteiger partial charge is 0.185 e. The first-order chi connectivity index (χ1) is 9.91. The number of hydrogen-bond acceptors (Lipinski definition) is 3. The van der Waals surface area contributed by atoms with Gasteiger partial charge in [-0.05, 0) is 36.8 Å². The van der Waals surface area contributed by atoms with E-state index >= 15 is 0 Å². The Morgan fingerprint density at radius 1 is 1.05 bits per heavy atom. The second kappa shape index (κ2) is 6.54. The van der Waals surface area contributed by atoms with Crippen molar-refractivity contribution in [1.82, 2.24) is 0 Å². The van der Waals surface area contributed by atoms with E-state index in [4.69, 9.17) is 0 Å². The van der Waals surface area contributed by atoms with Gasteiger partial charge in [-0.2, -0.15) is 0 Å². The fourth-order valence-electron chi connectivity index (χ4n) is 2.12. The molecule has 0 fully saturated rings. The Morgan fingerprint density at radius 2 is 1.62 bits per heavy atom. The SMILES string of the molecule is CC(=O)C[C@@H](c1ccccc1)S(=O)(=O)c1ccc(Br)cc1. The van der Waals surface area contributed by atoms with E-state index < -0.39 is 15.1 Å². The van der Waals surface area contributed by atoms with E-state index in [-0.39, 0.29) is 17.1 Å². The molecule has 0 unspecified atom stereocenters. The summed E-state index contributed by atoms with van der Waals surface area (Å²) in [6.45, 7) is 1.41. The van der Waals surface area contributed by atoms with E-state index in [1.165, 1.54) is 6.92 Å². The summed E-state index contributed by atoms with van der Waals surface area (Å²) in [5.41, 5.74) is 0.635. The van der Waals surface area contributed by atoms with Gasteiger partial charge in [-0.15, -0.1) is 0 Å². The third kappa shape index (κ3) is 3.80. The molecule has 0 aliphatic heterocycles. The molecule has 0 saturated heterocycles. The van der Waals surface area contributed by atoms with Crippen molar-refractivity contribution >= 4 is 31.6 Å². The molecule has 2 aromatic carbocycles. The van der Waals surface area contributed by atoms with E-state index in [9.17, 15) is 13.2 Å². The van der Waals surface area contributed by atoms with E-state index in [0.29, 0.717) is 5.56 Å². The van der Waals surface area contributed by atoms with Crippen molar-refractivity contribution in [2.45, 2.75) is 23.5 Å². The number of ketones is 1. The van der Waals surface area contributed by atoms with Gasteiger partial charge in [0.25, 0.3) is 0 Å². The molecular formula is C16H15BrO3S. The third-order valence-electron chi connectivity index (χ3n) is 3.16. The largest absolute Gasteiger partial charge is 0.300 e. The number of Topliss-reactive ketones (excluding diaryl/α,β-unsaturated/α-hetero) is 1. The van der Waals surface area contributed by atoms with Gasteiger partial charge < -0.3 is 0 Å². The minimum atomic E-state index is -3.61. The van der Waals surface area contributed by atoms with Gasteiger partial charge in [0.2, 0.25) is 0 Å². The lowest BCUT2D eigenvalue weighted by atomic mass is 10.1. The van der Waals surface area contributed by atoms with Gasteiger partial charge in [0.15, 0.2) is 9.84 Å². The van der Waals surface area contributed by atoms with Crippen LogP contribution in [0.1, 0.15) is 24.2 Å². The maximum absolute atomic E-state index is 12.8. The van der Waals surface area contributed by atoms with Gasteiger partial charge in [-0.3, -0.25) is 4.79 Å². The van der Waals surface area contributed by atoms with Gasteiger partial charge >= 0.3 is 0 Å². The maximum Gasteiger partial charge on any atom is 0.185 e. The van der Waals surface area contributed by atoms with E-state index in [0.717, 1.165) is 4.47 Å². The van der Waals surface area contributed by atoms with Crippen LogP contribution in [0.3, 0.4) is 0 Å². The zero-order valence-electron chi connectivity index (χ0n) is 11.5. The van der Waals surface area contributed by atoms with Gasteiger partial charge in [0.1, 0.15) is 5.78 Å². The zero-order valence-corrected chi connectivity index (χ0v) is 13.9. The van der Waals surface area contributed by atoms with Crippen molar-refractivity contribution < 1.29 is 13.2 Å². The van der Waals surface area contributed by atoms with E-state index in [2.05, 4.69) is 15.9 Å². The number of benzene rings is 2. The molecule has 21 heavy (non-hydrogen) atoms. The van der Waals surface area contributed by atoms with Crippen LogP contribution in [-0.2, 0) is 14.6 Å². The molecular weight excluding hydrogens is 352 g/mol. The van der Waals surface area contributed by atoms with E-state index in [1.807, 2.05) is 6.07 Å². The molecule has 0 aliphatic carbocycles. The van der Waals surface area contributed by atoms with Crippen LogP contribution in [0.4, 0.5) is 0 Å². The van der Waals surface area contributed by atoms with Crippen molar-refractivity contribution in [3.8, 4) is 0 Å². The maximum atomic E-state index is 12.8. The predicted molar refractivity (Wildman–Crippen MR) is 85.8 cm³/mol. The van der Waals surface area contributed by atoms with Gasteiger partial charge in [0.05, 0.1) is 10.1 Å². The molecule has 0 N–H and O–H groups in total. The summed E-state index contributed by atoms with van der Waals surface area (Å²) in [6.07, 6.45) is -0.0254. The number of sulfone groups is 1. The molecule has 0 aliphatic rings. The number of carbonyl (C=O) groups is 1. The molecule has 0 bridgehead atoms. The normalized spacial score (nSPS) is 12.9. The molecule has 1 atom stereocenters. The number of rotatable bonds is 5.